The summed E-state index contributed by atoms with van der Waals surface area (Å²) in [6.45, 7) is 3.36. The van der Waals surface area contributed by atoms with Gasteiger partial charge in [0, 0.05) is 25.3 Å². The number of methoxy groups -OCH3 is 1. The first-order chi connectivity index (χ1) is 9.17. The van der Waals surface area contributed by atoms with Crippen molar-refractivity contribution in [2.24, 2.45) is 10.8 Å². The van der Waals surface area contributed by atoms with Crippen molar-refractivity contribution in [1.82, 2.24) is 10.7 Å². The molecule has 0 saturated carbocycles. The van der Waals surface area contributed by atoms with Crippen molar-refractivity contribution in [2.45, 2.75) is 19.4 Å². The Morgan fingerprint density at radius 1 is 1.53 bits per heavy atom. The van der Waals surface area contributed by atoms with Crippen LogP contribution in [0, 0.1) is 0 Å². The lowest BCUT2D eigenvalue weighted by molar-refractivity contribution is 0.197. The fraction of sp³-hybridized carbons (Fsp3) is 0.462. The number of ether oxygens (including phenoxy) is 1. The van der Waals surface area contributed by atoms with Crippen LogP contribution in [0.5, 0.6) is 0 Å². The van der Waals surface area contributed by atoms with E-state index in [4.69, 9.17) is 22.2 Å². The molecule has 0 spiro atoms. The first-order valence-electron chi connectivity index (χ1n) is 6.19. The van der Waals surface area contributed by atoms with Crippen LogP contribution in [0.4, 0.5) is 0 Å². The topological polar surface area (TPSA) is 71.7 Å². The second kappa shape index (κ2) is 8.74. The Bertz CT molecular complexity index is 411. The standard InChI is InChI=1S/C13H21ClN4O/c1-10(11-5-3-6-12(14)9-11)17-13(18-15)16-7-4-8-19-2/h3,5-6,9-10H,4,7-8,15H2,1-2H3,(H2,16,17,18). The van der Waals surface area contributed by atoms with Gasteiger partial charge >= 0.3 is 0 Å². The highest BCUT2D eigenvalue weighted by molar-refractivity contribution is 6.30. The van der Waals surface area contributed by atoms with E-state index in [1.807, 2.05) is 31.2 Å². The summed E-state index contributed by atoms with van der Waals surface area (Å²) in [7, 11) is 1.67. The van der Waals surface area contributed by atoms with Crippen molar-refractivity contribution >= 4 is 17.6 Å². The third kappa shape index (κ3) is 5.92. The summed E-state index contributed by atoms with van der Waals surface area (Å²) in [5.74, 6) is 6.00. The lowest BCUT2D eigenvalue weighted by atomic mass is 10.1. The van der Waals surface area contributed by atoms with Gasteiger partial charge < -0.3 is 10.1 Å². The molecule has 0 bridgehead atoms. The molecule has 0 aromatic heterocycles. The lowest BCUT2D eigenvalue weighted by Crippen LogP contribution is -2.42. The molecule has 1 aromatic rings. The fourth-order valence-corrected chi connectivity index (χ4v) is 1.80. The molecule has 5 nitrogen and oxygen atoms in total. The minimum Gasteiger partial charge on any atom is -0.385 e. The van der Waals surface area contributed by atoms with Crippen LogP contribution in [0.2, 0.25) is 5.02 Å². The second-order valence-corrected chi connectivity index (χ2v) is 4.58. The van der Waals surface area contributed by atoms with Crippen LogP contribution in [-0.2, 0) is 4.74 Å². The smallest absolute Gasteiger partial charge is 0.206 e. The molecule has 0 radical (unpaired) electrons. The summed E-state index contributed by atoms with van der Waals surface area (Å²) in [6.07, 6.45) is 0.856. The summed E-state index contributed by atoms with van der Waals surface area (Å²) in [4.78, 5) is 4.32. The van der Waals surface area contributed by atoms with Gasteiger partial charge in [0.05, 0.1) is 6.04 Å². The Kier molecular flexibility index (Phi) is 7.25. The molecule has 1 atom stereocenters. The molecular weight excluding hydrogens is 264 g/mol. The van der Waals surface area contributed by atoms with E-state index >= 15 is 0 Å². The maximum Gasteiger partial charge on any atom is 0.206 e. The van der Waals surface area contributed by atoms with Gasteiger partial charge in [-0.15, -0.1) is 0 Å². The average Bonchev–Trinajstić information content (AvgIpc) is 2.42. The first-order valence-corrected chi connectivity index (χ1v) is 6.57. The first kappa shape index (κ1) is 15.8. The highest BCUT2D eigenvalue weighted by Gasteiger charge is 2.07. The van der Waals surface area contributed by atoms with Crippen LogP contribution in [-0.4, -0.2) is 26.2 Å². The molecule has 0 amide bonds. The molecule has 0 heterocycles. The Hall–Kier alpha value is -1.30. The summed E-state index contributed by atoms with van der Waals surface area (Å²) in [6, 6.07) is 7.75. The van der Waals surface area contributed by atoms with Crippen LogP contribution >= 0.6 is 11.6 Å². The minimum atomic E-state index is 0.0657. The maximum atomic E-state index is 5.97. The number of guanidine groups is 1. The summed E-state index contributed by atoms with van der Waals surface area (Å²) in [5.41, 5.74) is 3.64. The molecule has 0 saturated heterocycles. The van der Waals surface area contributed by atoms with E-state index in [-0.39, 0.29) is 6.04 Å². The summed E-state index contributed by atoms with van der Waals surface area (Å²) >= 11 is 5.97. The molecule has 0 aliphatic carbocycles. The van der Waals surface area contributed by atoms with E-state index in [9.17, 15) is 0 Å². The van der Waals surface area contributed by atoms with Gasteiger partial charge in [-0.25, -0.2) is 5.84 Å². The van der Waals surface area contributed by atoms with Gasteiger partial charge in [0.25, 0.3) is 0 Å². The Labute approximate surface area is 119 Å². The summed E-state index contributed by atoms with van der Waals surface area (Å²) < 4.78 is 4.96. The molecule has 6 heteroatoms. The van der Waals surface area contributed by atoms with Crippen LogP contribution in [0.3, 0.4) is 0 Å². The molecule has 4 N–H and O–H groups in total. The van der Waals surface area contributed by atoms with Gasteiger partial charge in [-0.05, 0) is 31.0 Å². The number of nitrogens with zero attached hydrogens (tertiary/aromatic N) is 1. The van der Waals surface area contributed by atoms with E-state index in [2.05, 4.69) is 15.7 Å². The van der Waals surface area contributed by atoms with Gasteiger partial charge in [0.15, 0.2) is 0 Å². The van der Waals surface area contributed by atoms with Gasteiger partial charge in [-0.3, -0.25) is 10.4 Å². The van der Waals surface area contributed by atoms with Gasteiger partial charge in [0.1, 0.15) is 0 Å². The van der Waals surface area contributed by atoms with Crippen LogP contribution in [0.25, 0.3) is 0 Å². The highest BCUT2D eigenvalue weighted by atomic mass is 35.5. The molecule has 0 fully saturated rings. The quantitative estimate of drug-likeness (QED) is 0.245. The van der Waals surface area contributed by atoms with E-state index in [0.29, 0.717) is 24.1 Å². The molecule has 0 aliphatic heterocycles. The highest BCUT2D eigenvalue weighted by Crippen LogP contribution is 2.16. The van der Waals surface area contributed by atoms with Crippen molar-refractivity contribution in [2.75, 3.05) is 20.3 Å². The predicted molar refractivity (Wildman–Crippen MR) is 79.1 cm³/mol. The molecule has 1 aromatic carbocycles. The molecule has 1 unspecified atom stereocenters. The van der Waals surface area contributed by atoms with Crippen molar-refractivity contribution < 1.29 is 4.74 Å². The van der Waals surface area contributed by atoms with Crippen molar-refractivity contribution in [3.05, 3.63) is 34.9 Å². The third-order valence-corrected chi connectivity index (χ3v) is 2.85. The van der Waals surface area contributed by atoms with Gasteiger partial charge in [-0.1, -0.05) is 23.7 Å². The van der Waals surface area contributed by atoms with E-state index in [1.165, 1.54) is 0 Å². The minimum absolute atomic E-state index is 0.0657. The van der Waals surface area contributed by atoms with E-state index < -0.39 is 0 Å². The number of hydrogen-bond acceptors (Lipinski definition) is 3. The maximum absolute atomic E-state index is 5.97. The second-order valence-electron chi connectivity index (χ2n) is 4.14. The normalized spacial score (nSPS) is 13.2. The van der Waals surface area contributed by atoms with Crippen molar-refractivity contribution in [3.8, 4) is 0 Å². The van der Waals surface area contributed by atoms with Crippen molar-refractivity contribution in [1.29, 1.82) is 0 Å². The Morgan fingerprint density at radius 2 is 2.32 bits per heavy atom. The molecule has 106 valence electrons. The van der Waals surface area contributed by atoms with Gasteiger partial charge in [0.2, 0.25) is 5.96 Å². The molecular formula is C13H21ClN4O. The SMILES string of the molecule is COCCCN=C(NN)NC(C)c1cccc(Cl)c1. The van der Waals surface area contributed by atoms with Crippen LogP contribution in [0.1, 0.15) is 24.9 Å². The largest absolute Gasteiger partial charge is 0.385 e. The molecule has 0 aliphatic rings. The number of hydrogen-bond donors (Lipinski definition) is 3. The number of rotatable bonds is 6. The number of hydrazine groups is 1. The zero-order chi connectivity index (χ0) is 14.1. The number of aliphatic imine (C=N–C) groups is 1. The van der Waals surface area contributed by atoms with Crippen molar-refractivity contribution in [3.63, 3.8) is 0 Å². The zero-order valence-corrected chi connectivity index (χ0v) is 12.1. The lowest BCUT2D eigenvalue weighted by Gasteiger charge is -2.17. The molecule has 19 heavy (non-hydrogen) atoms. The number of halogens is 1. The zero-order valence-electron chi connectivity index (χ0n) is 11.3. The van der Waals surface area contributed by atoms with Crippen LogP contribution in [0.15, 0.2) is 29.3 Å². The number of nitrogens with one attached hydrogen (secondary N) is 2. The summed E-state index contributed by atoms with van der Waals surface area (Å²) in [5, 5.41) is 3.91. The van der Waals surface area contributed by atoms with E-state index in [0.717, 1.165) is 12.0 Å². The van der Waals surface area contributed by atoms with Crippen LogP contribution < -0.4 is 16.6 Å². The monoisotopic (exact) mass is 284 g/mol. The Morgan fingerprint density at radius 3 is 2.95 bits per heavy atom. The number of nitrogens with two attached hydrogens (primary N) is 1. The number of benzene rings is 1. The van der Waals surface area contributed by atoms with E-state index in [1.54, 1.807) is 7.11 Å². The van der Waals surface area contributed by atoms with Gasteiger partial charge in [-0.2, -0.15) is 0 Å². The predicted octanol–water partition coefficient (Wildman–Crippen LogP) is 1.85. The molecule has 1 rings (SSSR count). The Balaban J connectivity index is 2.55. The fourth-order valence-electron chi connectivity index (χ4n) is 1.60. The average molecular weight is 285 g/mol. The third-order valence-electron chi connectivity index (χ3n) is 2.62.